The fraction of sp³-hybridized carbons (Fsp3) is 0.294. The van der Waals surface area contributed by atoms with E-state index in [-0.39, 0.29) is 17.1 Å². The Hall–Kier alpha value is -1.82. The number of halogens is 2. The smallest absolute Gasteiger partial charge is 0.150 e. The van der Waals surface area contributed by atoms with Crippen LogP contribution in [0.1, 0.15) is 25.5 Å². The van der Waals surface area contributed by atoms with Gasteiger partial charge in [0, 0.05) is 23.8 Å². The summed E-state index contributed by atoms with van der Waals surface area (Å²) in [5, 5.41) is 5.94. The van der Waals surface area contributed by atoms with Crippen molar-refractivity contribution in [1.29, 1.82) is 0 Å². The summed E-state index contributed by atoms with van der Waals surface area (Å²) in [6.07, 6.45) is 4.98. The van der Waals surface area contributed by atoms with Gasteiger partial charge in [0.2, 0.25) is 0 Å². The van der Waals surface area contributed by atoms with Crippen LogP contribution in [-0.4, -0.2) is 21.4 Å². The average Bonchev–Trinajstić information content (AvgIpc) is 3.10. The predicted molar refractivity (Wildman–Crippen MR) is 96.2 cm³/mol. The maximum absolute atomic E-state index is 6.27. The van der Waals surface area contributed by atoms with E-state index >= 15 is 0 Å². The van der Waals surface area contributed by atoms with E-state index < -0.39 is 0 Å². The molecular weight excluding hydrogens is 347 g/mol. The summed E-state index contributed by atoms with van der Waals surface area (Å²) in [7, 11) is 0. The standard InChI is InChI=1S/C17H16Cl2N4O/c18-15-11-5-4-10(9-12(11)22-17(20)16(15)19)13-6-7-21-23(13)14-3-1-2-8-24-14/h4-7,9,14H,1-3,8H2,(H2,20,22). The number of pyridine rings is 1. The molecule has 1 aliphatic heterocycles. The summed E-state index contributed by atoms with van der Waals surface area (Å²) >= 11 is 12.3. The van der Waals surface area contributed by atoms with Gasteiger partial charge in [-0.05, 0) is 31.4 Å². The zero-order valence-electron chi connectivity index (χ0n) is 12.9. The molecule has 0 bridgehead atoms. The summed E-state index contributed by atoms with van der Waals surface area (Å²) < 4.78 is 7.78. The number of hydrogen-bond donors (Lipinski definition) is 1. The molecule has 1 atom stereocenters. The molecule has 4 rings (SSSR count). The van der Waals surface area contributed by atoms with Crippen LogP contribution < -0.4 is 5.73 Å². The number of nitrogens with zero attached hydrogens (tertiary/aromatic N) is 3. The molecule has 1 aromatic carbocycles. The number of aromatic nitrogens is 3. The van der Waals surface area contributed by atoms with E-state index in [0.29, 0.717) is 10.5 Å². The molecule has 0 amide bonds. The van der Waals surface area contributed by atoms with Crippen molar-refractivity contribution in [2.75, 3.05) is 12.3 Å². The van der Waals surface area contributed by atoms with Crippen molar-refractivity contribution in [2.45, 2.75) is 25.5 Å². The summed E-state index contributed by atoms with van der Waals surface area (Å²) in [5.74, 6) is 0.232. The predicted octanol–water partition coefficient (Wildman–Crippen LogP) is 4.69. The Kier molecular flexibility index (Phi) is 4.08. The van der Waals surface area contributed by atoms with Gasteiger partial charge < -0.3 is 10.5 Å². The van der Waals surface area contributed by atoms with E-state index in [9.17, 15) is 0 Å². The molecule has 2 aromatic heterocycles. The summed E-state index contributed by atoms with van der Waals surface area (Å²) in [5.41, 5.74) is 8.51. The Morgan fingerprint density at radius 2 is 2.04 bits per heavy atom. The van der Waals surface area contributed by atoms with Gasteiger partial charge in [-0.3, -0.25) is 0 Å². The van der Waals surface area contributed by atoms with Crippen LogP contribution in [0.15, 0.2) is 30.5 Å². The number of fused-ring (bicyclic) bond motifs is 1. The third-order valence-electron chi connectivity index (χ3n) is 4.29. The van der Waals surface area contributed by atoms with Crippen LogP contribution in [0.25, 0.3) is 22.2 Å². The van der Waals surface area contributed by atoms with Gasteiger partial charge in [0.25, 0.3) is 0 Å². The van der Waals surface area contributed by atoms with Crippen LogP contribution in [0.3, 0.4) is 0 Å². The first-order chi connectivity index (χ1) is 11.6. The summed E-state index contributed by atoms with van der Waals surface area (Å²) in [4.78, 5) is 4.35. The topological polar surface area (TPSA) is 66.0 Å². The first kappa shape index (κ1) is 15.7. The number of anilines is 1. The minimum atomic E-state index is -0.0220. The van der Waals surface area contributed by atoms with Gasteiger partial charge in [-0.2, -0.15) is 5.10 Å². The normalized spacial score (nSPS) is 18.2. The Morgan fingerprint density at radius 3 is 2.83 bits per heavy atom. The van der Waals surface area contributed by atoms with Gasteiger partial charge >= 0.3 is 0 Å². The molecule has 1 saturated heterocycles. The van der Waals surface area contributed by atoms with Crippen molar-refractivity contribution < 1.29 is 4.74 Å². The Morgan fingerprint density at radius 1 is 1.17 bits per heavy atom. The van der Waals surface area contributed by atoms with Crippen molar-refractivity contribution in [2.24, 2.45) is 0 Å². The molecule has 1 aliphatic rings. The van der Waals surface area contributed by atoms with Crippen molar-refractivity contribution in [3.8, 4) is 11.3 Å². The minimum absolute atomic E-state index is 0.0220. The first-order valence-corrected chi connectivity index (χ1v) is 8.60. The Labute approximate surface area is 149 Å². The second kappa shape index (κ2) is 6.24. The molecule has 3 heterocycles. The molecular formula is C17H16Cl2N4O. The third kappa shape index (κ3) is 2.62. The van der Waals surface area contributed by atoms with Crippen molar-refractivity contribution in [3.63, 3.8) is 0 Å². The molecule has 0 aliphatic carbocycles. The highest BCUT2D eigenvalue weighted by Gasteiger charge is 2.20. The lowest BCUT2D eigenvalue weighted by atomic mass is 10.1. The van der Waals surface area contributed by atoms with E-state index in [4.69, 9.17) is 33.7 Å². The molecule has 1 unspecified atom stereocenters. The van der Waals surface area contributed by atoms with Gasteiger partial charge in [-0.15, -0.1) is 0 Å². The SMILES string of the molecule is Nc1nc2cc(-c3ccnn3C3CCCCO3)ccc2c(Cl)c1Cl. The van der Waals surface area contributed by atoms with E-state index in [0.717, 1.165) is 42.5 Å². The largest absolute Gasteiger partial charge is 0.382 e. The quantitative estimate of drug-likeness (QED) is 0.718. The zero-order chi connectivity index (χ0) is 16.7. The second-order valence-corrected chi connectivity index (χ2v) is 6.60. The van der Waals surface area contributed by atoms with Crippen LogP contribution in [0, 0.1) is 0 Å². The van der Waals surface area contributed by atoms with Gasteiger partial charge in [-0.1, -0.05) is 35.3 Å². The molecule has 1 fully saturated rings. The summed E-state index contributed by atoms with van der Waals surface area (Å²) in [6.45, 7) is 0.772. The third-order valence-corrected chi connectivity index (χ3v) is 5.16. The van der Waals surface area contributed by atoms with E-state index in [2.05, 4.69) is 10.1 Å². The number of nitrogens with two attached hydrogens (primary N) is 1. The monoisotopic (exact) mass is 362 g/mol. The van der Waals surface area contributed by atoms with Gasteiger partial charge in [0.15, 0.2) is 6.23 Å². The lowest BCUT2D eigenvalue weighted by molar-refractivity contribution is -0.0383. The van der Waals surface area contributed by atoms with Gasteiger partial charge in [0.1, 0.15) is 10.8 Å². The summed E-state index contributed by atoms with van der Waals surface area (Å²) in [6, 6.07) is 7.81. The zero-order valence-corrected chi connectivity index (χ0v) is 14.4. The van der Waals surface area contributed by atoms with Crippen LogP contribution in [-0.2, 0) is 4.74 Å². The number of hydrogen-bond acceptors (Lipinski definition) is 4. The fourth-order valence-corrected chi connectivity index (χ4v) is 3.47. The average molecular weight is 363 g/mol. The lowest BCUT2D eigenvalue weighted by Crippen LogP contribution is -2.19. The molecule has 124 valence electrons. The van der Waals surface area contributed by atoms with Crippen LogP contribution in [0.4, 0.5) is 5.82 Å². The molecule has 0 saturated carbocycles. The maximum atomic E-state index is 6.27. The highest BCUT2D eigenvalue weighted by Crippen LogP contribution is 2.36. The fourth-order valence-electron chi connectivity index (χ4n) is 3.07. The second-order valence-electron chi connectivity index (χ2n) is 5.84. The van der Waals surface area contributed by atoms with Crippen LogP contribution in [0.5, 0.6) is 0 Å². The molecule has 24 heavy (non-hydrogen) atoms. The first-order valence-electron chi connectivity index (χ1n) is 7.85. The highest BCUT2D eigenvalue weighted by molar-refractivity contribution is 6.46. The molecule has 0 radical (unpaired) electrons. The molecule has 7 heteroatoms. The van der Waals surface area contributed by atoms with E-state index in [1.165, 1.54) is 0 Å². The Balaban J connectivity index is 1.80. The highest BCUT2D eigenvalue weighted by atomic mass is 35.5. The maximum Gasteiger partial charge on any atom is 0.150 e. The number of benzene rings is 1. The number of nitrogen functional groups attached to an aromatic ring is 1. The van der Waals surface area contributed by atoms with Crippen molar-refractivity contribution in [1.82, 2.24) is 14.8 Å². The van der Waals surface area contributed by atoms with Crippen molar-refractivity contribution >= 4 is 39.9 Å². The van der Waals surface area contributed by atoms with Crippen LogP contribution >= 0.6 is 23.2 Å². The molecule has 3 aromatic rings. The minimum Gasteiger partial charge on any atom is -0.382 e. The molecule has 0 spiro atoms. The van der Waals surface area contributed by atoms with Gasteiger partial charge in [0.05, 0.1) is 16.2 Å². The lowest BCUT2D eigenvalue weighted by Gasteiger charge is -2.24. The van der Waals surface area contributed by atoms with E-state index in [1.807, 2.05) is 28.9 Å². The Bertz CT molecular complexity index is 903. The number of rotatable bonds is 2. The van der Waals surface area contributed by atoms with E-state index in [1.54, 1.807) is 6.20 Å². The number of ether oxygens (including phenoxy) is 1. The van der Waals surface area contributed by atoms with Crippen LogP contribution in [0.2, 0.25) is 10.0 Å². The molecule has 5 nitrogen and oxygen atoms in total. The van der Waals surface area contributed by atoms with Crippen molar-refractivity contribution in [3.05, 3.63) is 40.5 Å². The van der Waals surface area contributed by atoms with Gasteiger partial charge in [-0.25, -0.2) is 9.67 Å². The molecule has 2 N–H and O–H groups in total.